The summed E-state index contributed by atoms with van der Waals surface area (Å²) in [5, 5.41) is 10.0. The molecule has 1 saturated heterocycles. The fraction of sp³-hybridized carbons (Fsp3) is 0.625. The molecule has 12 heavy (non-hydrogen) atoms. The van der Waals surface area contributed by atoms with Gasteiger partial charge in [0.15, 0.2) is 0 Å². The van der Waals surface area contributed by atoms with Gasteiger partial charge in [0.05, 0.1) is 17.7 Å². The monoisotopic (exact) mass is 232 g/mol. The Hall–Kier alpha value is -0.350. The molecule has 1 rings (SSSR count). The molecule has 0 aromatic carbocycles. The summed E-state index contributed by atoms with van der Waals surface area (Å²) in [6.07, 6.45) is 3.04. The van der Waals surface area contributed by atoms with Crippen molar-refractivity contribution in [2.45, 2.75) is 6.92 Å². The zero-order chi connectivity index (χ0) is 9.03. The summed E-state index contributed by atoms with van der Waals surface area (Å²) in [7, 11) is 0. The summed E-state index contributed by atoms with van der Waals surface area (Å²) >= 11 is 3.21. The van der Waals surface area contributed by atoms with Gasteiger partial charge in [0.1, 0.15) is 0 Å². The second-order valence-corrected chi connectivity index (χ2v) is 4.27. The summed E-state index contributed by atoms with van der Waals surface area (Å²) in [6.45, 7) is 4.73. The van der Waals surface area contributed by atoms with Crippen molar-refractivity contribution in [3.63, 3.8) is 0 Å². The Labute approximate surface area is 80.8 Å². The highest BCUT2D eigenvalue weighted by Crippen LogP contribution is 2.25. The van der Waals surface area contributed by atoms with E-state index in [-0.39, 0.29) is 5.41 Å². The van der Waals surface area contributed by atoms with E-state index in [2.05, 4.69) is 28.2 Å². The number of hydrogen-bond acceptors (Lipinski definition) is 3. The van der Waals surface area contributed by atoms with Crippen LogP contribution in [0.2, 0.25) is 0 Å². The molecular weight excluding hydrogens is 220 g/mol. The summed E-state index contributed by atoms with van der Waals surface area (Å²) in [5.41, 5.74) is 0.284. The van der Waals surface area contributed by atoms with Crippen molar-refractivity contribution in [3.05, 3.63) is 10.7 Å². The molecule has 68 valence electrons. The molecule has 0 saturated carbocycles. The number of allylic oxidation sites excluding steroid dienone is 1. The van der Waals surface area contributed by atoms with Gasteiger partial charge in [0.2, 0.25) is 0 Å². The normalized spacial score (nSPS) is 21.3. The van der Waals surface area contributed by atoms with E-state index in [0.29, 0.717) is 0 Å². The van der Waals surface area contributed by atoms with E-state index in [0.717, 1.165) is 24.2 Å². The first-order chi connectivity index (χ1) is 5.66. The number of nitrogens with one attached hydrogen (secondary N) is 2. The van der Waals surface area contributed by atoms with Gasteiger partial charge in [0, 0.05) is 24.4 Å². The Bertz CT molecular complexity index is 199. The van der Waals surface area contributed by atoms with Crippen LogP contribution in [0.3, 0.4) is 0 Å². The summed E-state index contributed by atoms with van der Waals surface area (Å²) < 4.78 is 5.86. The van der Waals surface area contributed by atoms with E-state index in [9.17, 15) is 0 Å². The molecule has 2 N–H and O–H groups in total. The van der Waals surface area contributed by atoms with E-state index >= 15 is 0 Å². The summed E-state index contributed by atoms with van der Waals surface area (Å²) in [4.78, 5) is 0. The largest absolute Gasteiger partial charge is 0.389 e. The Morgan fingerprint density at radius 1 is 1.75 bits per heavy atom. The van der Waals surface area contributed by atoms with Crippen LogP contribution in [0.5, 0.6) is 0 Å². The van der Waals surface area contributed by atoms with Crippen LogP contribution in [0.25, 0.3) is 0 Å². The van der Waals surface area contributed by atoms with Gasteiger partial charge in [-0.2, -0.15) is 0 Å². The van der Waals surface area contributed by atoms with E-state index in [1.165, 1.54) is 6.21 Å². The molecule has 0 unspecified atom stereocenters. The third-order valence-corrected chi connectivity index (χ3v) is 2.27. The van der Waals surface area contributed by atoms with Crippen LogP contribution in [0, 0.1) is 10.8 Å². The van der Waals surface area contributed by atoms with Crippen LogP contribution >= 0.6 is 15.9 Å². The highest BCUT2D eigenvalue weighted by Gasteiger charge is 2.32. The lowest BCUT2D eigenvalue weighted by Crippen LogP contribution is -2.46. The average molecular weight is 233 g/mol. The van der Waals surface area contributed by atoms with Crippen molar-refractivity contribution in [2.24, 2.45) is 5.41 Å². The van der Waals surface area contributed by atoms with Gasteiger partial charge < -0.3 is 15.5 Å². The van der Waals surface area contributed by atoms with Gasteiger partial charge >= 0.3 is 0 Å². The molecule has 1 fully saturated rings. The molecule has 0 aliphatic carbocycles. The second-order valence-electron chi connectivity index (χ2n) is 3.36. The van der Waals surface area contributed by atoms with Crippen LogP contribution in [-0.2, 0) is 4.74 Å². The smallest absolute Gasteiger partial charge is 0.0559 e. The molecule has 0 bridgehead atoms. The third-order valence-electron chi connectivity index (χ3n) is 1.81. The summed E-state index contributed by atoms with van der Waals surface area (Å²) in [6, 6.07) is 0. The van der Waals surface area contributed by atoms with Crippen LogP contribution < -0.4 is 5.32 Å². The molecule has 0 aromatic rings. The maximum Gasteiger partial charge on any atom is 0.0559 e. The Kier molecular flexibility index (Phi) is 3.29. The highest BCUT2D eigenvalue weighted by molar-refractivity contribution is 9.12. The molecule has 4 heteroatoms. The zero-order valence-corrected chi connectivity index (χ0v) is 8.65. The first kappa shape index (κ1) is 9.74. The van der Waals surface area contributed by atoms with Crippen molar-refractivity contribution in [1.82, 2.24) is 5.32 Å². The Balaban J connectivity index is 2.21. The van der Waals surface area contributed by atoms with Crippen molar-refractivity contribution < 1.29 is 4.74 Å². The third kappa shape index (κ3) is 2.60. The van der Waals surface area contributed by atoms with Crippen LogP contribution in [0.1, 0.15) is 6.92 Å². The molecule has 3 nitrogen and oxygen atoms in total. The van der Waals surface area contributed by atoms with Gasteiger partial charge in [0.25, 0.3) is 0 Å². The van der Waals surface area contributed by atoms with E-state index < -0.39 is 0 Å². The zero-order valence-electron chi connectivity index (χ0n) is 7.06. The SMILES string of the molecule is CC1(CN/C=C(/Br)C=N)COC1. The molecule has 0 atom stereocenters. The minimum absolute atomic E-state index is 0.284. The van der Waals surface area contributed by atoms with E-state index in [1.54, 1.807) is 6.20 Å². The number of rotatable bonds is 4. The molecule has 0 radical (unpaired) electrons. The molecule has 0 spiro atoms. The predicted octanol–water partition coefficient (Wildman–Crippen LogP) is 1.50. The lowest BCUT2D eigenvalue weighted by atomic mass is 9.89. The van der Waals surface area contributed by atoms with Crippen LogP contribution in [-0.4, -0.2) is 26.0 Å². The van der Waals surface area contributed by atoms with Crippen molar-refractivity contribution in [1.29, 1.82) is 5.41 Å². The number of halogens is 1. The van der Waals surface area contributed by atoms with Gasteiger partial charge in [-0.15, -0.1) is 0 Å². The van der Waals surface area contributed by atoms with Gasteiger partial charge in [-0.1, -0.05) is 6.92 Å². The molecule has 1 aliphatic heterocycles. The van der Waals surface area contributed by atoms with Crippen molar-refractivity contribution >= 4 is 22.1 Å². The minimum Gasteiger partial charge on any atom is -0.389 e. The molecule has 0 amide bonds. The molecule has 0 aromatic heterocycles. The predicted molar refractivity (Wildman–Crippen MR) is 52.7 cm³/mol. The van der Waals surface area contributed by atoms with Gasteiger partial charge in [-0.3, -0.25) is 0 Å². The Morgan fingerprint density at radius 3 is 2.83 bits per heavy atom. The lowest BCUT2D eigenvalue weighted by Gasteiger charge is -2.37. The van der Waals surface area contributed by atoms with Gasteiger partial charge in [-0.25, -0.2) is 0 Å². The topological polar surface area (TPSA) is 45.1 Å². The standard InChI is InChI=1S/C8H13BrN2O/c1-8(5-12-6-8)4-11-3-7(9)2-10/h2-3,10-11H,4-6H2,1H3/b7-3+,10-2?. The maximum absolute atomic E-state index is 6.90. The first-order valence-electron chi connectivity index (χ1n) is 3.84. The first-order valence-corrected chi connectivity index (χ1v) is 4.63. The van der Waals surface area contributed by atoms with Crippen molar-refractivity contribution in [3.8, 4) is 0 Å². The number of ether oxygens (including phenoxy) is 1. The maximum atomic E-state index is 6.90. The second kappa shape index (κ2) is 4.05. The highest BCUT2D eigenvalue weighted by atomic mass is 79.9. The lowest BCUT2D eigenvalue weighted by molar-refractivity contribution is -0.0976. The minimum atomic E-state index is 0.284. The summed E-state index contributed by atoms with van der Waals surface area (Å²) in [5.74, 6) is 0. The van der Waals surface area contributed by atoms with E-state index in [4.69, 9.17) is 10.1 Å². The van der Waals surface area contributed by atoms with Crippen LogP contribution in [0.4, 0.5) is 0 Å². The quantitative estimate of drug-likeness (QED) is 0.722. The Morgan fingerprint density at radius 2 is 2.42 bits per heavy atom. The van der Waals surface area contributed by atoms with E-state index in [1.807, 2.05) is 0 Å². The van der Waals surface area contributed by atoms with Crippen LogP contribution in [0.15, 0.2) is 10.7 Å². The number of hydrogen-bond donors (Lipinski definition) is 2. The van der Waals surface area contributed by atoms with Crippen molar-refractivity contribution in [2.75, 3.05) is 19.8 Å². The molecule has 1 aliphatic rings. The average Bonchev–Trinajstić information content (AvgIpc) is 2.01. The van der Waals surface area contributed by atoms with Gasteiger partial charge in [-0.05, 0) is 15.9 Å². The molecule has 1 heterocycles. The fourth-order valence-electron chi connectivity index (χ4n) is 0.989. The molecular formula is C8H13BrN2O. The fourth-order valence-corrected chi connectivity index (χ4v) is 1.15.